The Morgan fingerprint density at radius 2 is 1.88 bits per heavy atom. The third-order valence-electron chi connectivity index (χ3n) is 2.45. The van der Waals surface area contributed by atoms with Crippen LogP contribution >= 0.6 is 0 Å². The molecule has 0 bridgehead atoms. The van der Waals surface area contributed by atoms with Gasteiger partial charge >= 0.3 is 6.07 Å². The van der Waals surface area contributed by atoms with Crippen LogP contribution in [0.25, 0.3) is 4.85 Å². The van der Waals surface area contributed by atoms with Gasteiger partial charge in [-0.2, -0.15) is 0 Å². The van der Waals surface area contributed by atoms with Crippen molar-refractivity contribution in [2.24, 2.45) is 0 Å². The Kier molecular flexibility index (Phi) is 10.3. The lowest BCUT2D eigenvalue weighted by molar-refractivity contribution is -0.298. The van der Waals surface area contributed by atoms with Gasteiger partial charge in [0.05, 0.1) is 5.97 Å². The first kappa shape index (κ1) is 15.7. The van der Waals surface area contributed by atoms with Gasteiger partial charge in [0.2, 0.25) is 0 Å². The lowest BCUT2D eigenvalue weighted by Gasteiger charge is -1.97. The van der Waals surface area contributed by atoms with Crippen LogP contribution in [0, 0.1) is 6.07 Å². The van der Waals surface area contributed by atoms with Gasteiger partial charge < -0.3 is 9.90 Å². The van der Waals surface area contributed by atoms with Gasteiger partial charge in [0.25, 0.3) is 6.54 Å². The molecule has 0 rings (SSSR count). The molecular formula is C14H23NO2. The third-order valence-corrected chi connectivity index (χ3v) is 2.45. The number of carboxylic acids is 1. The predicted molar refractivity (Wildman–Crippen MR) is 68.9 cm³/mol. The Morgan fingerprint density at radius 3 is 2.47 bits per heavy atom. The Bertz CT molecular complexity index is 297. The van der Waals surface area contributed by atoms with Crippen LogP contribution in [-0.2, 0) is 4.79 Å². The highest BCUT2D eigenvalue weighted by Gasteiger charge is 2.01. The molecule has 0 aliphatic heterocycles. The van der Waals surface area contributed by atoms with Crippen LogP contribution in [0.15, 0.2) is 11.6 Å². The molecule has 0 amide bonds. The number of hydrogen-bond acceptors (Lipinski definition) is 2. The summed E-state index contributed by atoms with van der Waals surface area (Å²) in [4.78, 5) is 14.7. The number of nitrogens with zero attached hydrogens (tertiary/aromatic N) is 1. The summed E-state index contributed by atoms with van der Waals surface area (Å²) in [5.74, 6) is -1.18. The summed E-state index contributed by atoms with van der Waals surface area (Å²) in [6, 6.07) is 2.57. The molecule has 0 radical (unpaired) electrons. The lowest BCUT2D eigenvalue weighted by atomic mass is 10.1. The van der Waals surface area contributed by atoms with Gasteiger partial charge in [-0.15, -0.1) is 0 Å². The van der Waals surface area contributed by atoms with Crippen LogP contribution < -0.4 is 5.11 Å². The molecule has 0 spiro atoms. The van der Waals surface area contributed by atoms with E-state index in [0.717, 1.165) is 32.1 Å². The van der Waals surface area contributed by atoms with Crippen LogP contribution in [0.1, 0.15) is 58.8 Å². The molecule has 0 heterocycles. The van der Waals surface area contributed by atoms with Crippen LogP contribution in [0.5, 0.6) is 0 Å². The van der Waals surface area contributed by atoms with Crippen molar-refractivity contribution in [3.8, 4) is 6.07 Å². The normalized spacial score (nSPS) is 10.8. The fourth-order valence-electron chi connectivity index (χ4n) is 1.37. The largest absolute Gasteiger partial charge is 0.544 e. The monoisotopic (exact) mass is 237 g/mol. The first-order valence-electron chi connectivity index (χ1n) is 6.56. The molecule has 0 aromatic heterocycles. The van der Waals surface area contributed by atoms with Crippen molar-refractivity contribution in [1.82, 2.24) is 0 Å². The minimum Gasteiger partial charge on any atom is -0.544 e. The highest BCUT2D eigenvalue weighted by atomic mass is 16.4. The highest BCUT2D eigenvalue weighted by Crippen LogP contribution is 2.05. The molecule has 3 heteroatoms. The molecule has 0 unspecified atom stereocenters. The lowest BCUT2D eigenvalue weighted by Crippen LogP contribution is -2.23. The van der Waals surface area contributed by atoms with E-state index in [1.807, 2.05) is 0 Å². The van der Waals surface area contributed by atoms with Crippen molar-refractivity contribution in [1.29, 1.82) is 0 Å². The predicted octanol–water partition coefficient (Wildman–Crippen LogP) is 2.77. The van der Waals surface area contributed by atoms with E-state index >= 15 is 0 Å². The molecule has 17 heavy (non-hydrogen) atoms. The molecule has 0 atom stereocenters. The third kappa shape index (κ3) is 9.62. The molecule has 0 aliphatic carbocycles. The van der Waals surface area contributed by atoms with Crippen molar-refractivity contribution in [2.45, 2.75) is 58.8 Å². The molecule has 0 N–H and O–H groups in total. The van der Waals surface area contributed by atoms with E-state index in [9.17, 15) is 9.90 Å². The fourth-order valence-corrected chi connectivity index (χ4v) is 1.37. The molecular weight excluding hydrogens is 214 g/mol. The summed E-state index contributed by atoms with van der Waals surface area (Å²) in [6.45, 7) is 4.85. The fraction of sp³-hybridized carbons (Fsp3) is 0.714. The van der Waals surface area contributed by atoms with E-state index in [2.05, 4.69) is 24.8 Å². The van der Waals surface area contributed by atoms with Crippen molar-refractivity contribution in [3.05, 3.63) is 16.5 Å². The maximum absolute atomic E-state index is 10.8. The van der Waals surface area contributed by atoms with E-state index < -0.39 is 5.97 Å². The Balaban J connectivity index is 4.07. The Labute approximate surface area is 104 Å². The standard InChI is InChI=1S/C14H23NO2/c1-3-5-7-8-9-10-13(14(16)17)12-15-11-6-4-2/h10H,3-9,11H2,1-2H3. The number of carbonyl (C=O) groups is 1. The zero-order valence-electron chi connectivity index (χ0n) is 11.0. The number of carboxylic acid groups (broad SMARTS) is 1. The number of unbranched alkanes of at least 4 members (excludes halogenated alkanes) is 5. The average Bonchev–Trinajstić information content (AvgIpc) is 2.31. The van der Waals surface area contributed by atoms with Gasteiger partial charge in [-0.1, -0.05) is 44.0 Å². The zero-order chi connectivity index (χ0) is 12.9. The summed E-state index contributed by atoms with van der Waals surface area (Å²) in [6.07, 6.45) is 8.97. The van der Waals surface area contributed by atoms with Crippen LogP contribution in [-0.4, -0.2) is 12.5 Å². The summed E-state index contributed by atoms with van der Waals surface area (Å²) in [7, 11) is 0. The molecule has 0 aliphatic rings. The maximum atomic E-state index is 10.8. The van der Waals surface area contributed by atoms with Gasteiger partial charge in [-0.3, -0.25) is 0 Å². The molecule has 0 fully saturated rings. The van der Waals surface area contributed by atoms with Crippen LogP contribution in [0.3, 0.4) is 0 Å². The molecule has 3 nitrogen and oxygen atoms in total. The molecule has 0 saturated heterocycles. The SMILES string of the molecule is CCCCCCC=C(C#[N+]CCCC)C(=O)[O-]. The Morgan fingerprint density at radius 1 is 1.18 bits per heavy atom. The minimum absolute atomic E-state index is 0.0950. The van der Waals surface area contributed by atoms with E-state index in [4.69, 9.17) is 0 Å². The molecule has 0 aromatic carbocycles. The van der Waals surface area contributed by atoms with Gasteiger partial charge in [-0.05, 0) is 19.3 Å². The summed E-state index contributed by atoms with van der Waals surface area (Å²) in [5.41, 5.74) is 0.0950. The summed E-state index contributed by atoms with van der Waals surface area (Å²) in [5, 5.41) is 10.8. The van der Waals surface area contributed by atoms with E-state index in [-0.39, 0.29) is 5.57 Å². The first-order valence-corrected chi connectivity index (χ1v) is 6.56. The van der Waals surface area contributed by atoms with E-state index in [1.165, 1.54) is 12.8 Å². The van der Waals surface area contributed by atoms with Gasteiger partial charge in [0, 0.05) is 6.42 Å². The smallest absolute Gasteiger partial charge is 0.312 e. The topological polar surface area (TPSA) is 44.5 Å². The van der Waals surface area contributed by atoms with Crippen molar-refractivity contribution in [3.63, 3.8) is 0 Å². The molecule has 96 valence electrons. The quantitative estimate of drug-likeness (QED) is 0.370. The summed E-state index contributed by atoms with van der Waals surface area (Å²) < 4.78 is 0. The minimum atomic E-state index is -1.18. The molecule has 0 aromatic rings. The van der Waals surface area contributed by atoms with Gasteiger partial charge in [0.1, 0.15) is 5.57 Å². The second kappa shape index (κ2) is 11.2. The van der Waals surface area contributed by atoms with Crippen molar-refractivity contribution in [2.75, 3.05) is 6.54 Å². The van der Waals surface area contributed by atoms with Crippen LogP contribution in [0.4, 0.5) is 0 Å². The van der Waals surface area contributed by atoms with Crippen LogP contribution in [0.2, 0.25) is 0 Å². The highest BCUT2D eigenvalue weighted by molar-refractivity contribution is 5.89. The second-order valence-electron chi connectivity index (χ2n) is 4.10. The second-order valence-corrected chi connectivity index (χ2v) is 4.10. The number of rotatable bonds is 8. The van der Waals surface area contributed by atoms with Crippen molar-refractivity contribution >= 4 is 5.97 Å². The number of hydrogen-bond donors (Lipinski definition) is 0. The molecule has 0 saturated carbocycles. The van der Waals surface area contributed by atoms with Crippen molar-refractivity contribution < 1.29 is 9.90 Å². The Hall–Kier alpha value is -1.30. The van der Waals surface area contributed by atoms with Gasteiger partial charge in [0.15, 0.2) is 0 Å². The average molecular weight is 237 g/mol. The van der Waals surface area contributed by atoms with Gasteiger partial charge in [-0.25, -0.2) is 0 Å². The maximum Gasteiger partial charge on any atom is 0.312 e. The summed E-state index contributed by atoms with van der Waals surface area (Å²) >= 11 is 0. The zero-order valence-corrected chi connectivity index (χ0v) is 11.0. The number of aliphatic carboxylic acids is 1. The number of allylic oxidation sites excluding steroid dienone is 1. The van der Waals surface area contributed by atoms with E-state index in [0.29, 0.717) is 6.54 Å². The first-order chi connectivity index (χ1) is 8.22. The van der Waals surface area contributed by atoms with E-state index in [1.54, 1.807) is 6.08 Å². The number of carbonyl (C=O) groups excluding carboxylic acids is 1.